The maximum absolute atomic E-state index is 12.9. The van der Waals surface area contributed by atoms with Crippen molar-refractivity contribution in [3.63, 3.8) is 0 Å². The molecular formula is C22H16ClNO4. The van der Waals surface area contributed by atoms with E-state index in [9.17, 15) is 14.7 Å². The summed E-state index contributed by atoms with van der Waals surface area (Å²) in [5.74, 6) is -0.718. The number of amides is 1. The Kier molecular flexibility index (Phi) is 4.53. The molecule has 1 aliphatic rings. The van der Waals surface area contributed by atoms with E-state index in [1.165, 1.54) is 4.90 Å². The molecule has 3 aromatic rings. The van der Waals surface area contributed by atoms with E-state index in [4.69, 9.17) is 16.0 Å². The number of aliphatic hydroxyl groups is 1. The first-order valence-electron chi connectivity index (χ1n) is 8.65. The summed E-state index contributed by atoms with van der Waals surface area (Å²) in [6.45, 7) is 1.77. The molecule has 1 amide bonds. The zero-order chi connectivity index (χ0) is 19.8. The maximum atomic E-state index is 12.9. The minimum Gasteiger partial charge on any atom is -0.507 e. The molecule has 6 heteroatoms. The first-order chi connectivity index (χ1) is 13.5. The standard InChI is InChI=1S/C22H16ClNO4/c1-13-7-12-17(28-13)19-18(20(25)14-5-3-2-4-6-14)21(26)22(27)24(19)16-10-8-15(23)9-11-16/h2-12,19,25H,1H3/b20-18-. The van der Waals surface area contributed by atoms with E-state index in [1.807, 2.05) is 0 Å². The van der Waals surface area contributed by atoms with Gasteiger partial charge in [-0.05, 0) is 43.3 Å². The van der Waals surface area contributed by atoms with Crippen molar-refractivity contribution in [1.82, 2.24) is 0 Å². The molecule has 1 N–H and O–H groups in total. The van der Waals surface area contributed by atoms with Gasteiger partial charge in [0.25, 0.3) is 11.7 Å². The summed E-state index contributed by atoms with van der Waals surface area (Å²) < 4.78 is 5.74. The van der Waals surface area contributed by atoms with Gasteiger partial charge in [-0.3, -0.25) is 14.5 Å². The van der Waals surface area contributed by atoms with E-state index >= 15 is 0 Å². The lowest BCUT2D eigenvalue weighted by Gasteiger charge is -2.23. The molecule has 1 saturated heterocycles. The van der Waals surface area contributed by atoms with Gasteiger partial charge in [-0.25, -0.2) is 0 Å². The number of furan rings is 1. The first-order valence-corrected chi connectivity index (χ1v) is 9.03. The monoisotopic (exact) mass is 393 g/mol. The fraction of sp³-hybridized carbons (Fsp3) is 0.0909. The van der Waals surface area contributed by atoms with Gasteiger partial charge < -0.3 is 9.52 Å². The quantitative estimate of drug-likeness (QED) is 0.391. The number of nitrogens with zero attached hydrogens (tertiary/aromatic N) is 1. The fourth-order valence-corrected chi connectivity index (χ4v) is 3.45. The van der Waals surface area contributed by atoms with Crippen molar-refractivity contribution < 1.29 is 19.1 Å². The van der Waals surface area contributed by atoms with Crippen molar-refractivity contribution in [2.24, 2.45) is 0 Å². The first kappa shape index (κ1) is 18.1. The molecule has 2 aromatic carbocycles. The molecule has 5 nitrogen and oxygen atoms in total. The van der Waals surface area contributed by atoms with E-state index in [-0.39, 0.29) is 11.3 Å². The van der Waals surface area contributed by atoms with Crippen LogP contribution >= 0.6 is 11.6 Å². The third-order valence-electron chi connectivity index (χ3n) is 4.63. The van der Waals surface area contributed by atoms with Gasteiger partial charge in [0.15, 0.2) is 0 Å². The number of anilines is 1. The zero-order valence-electron chi connectivity index (χ0n) is 14.9. The molecule has 0 saturated carbocycles. The summed E-state index contributed by atoms with van der Waals surface area (Å²) in [6, 6.07) is 17.8. The van der Waals surface area contributed by atoms with Crippen molar-refractivity contribution in [3.8, 4) is 0 Å². The Balaban J connectivity index is 1.93. The Morgan fingerprint density at radius 1 is 1.00 bits per heavy atom. The van der Waals surface area contributed by atoms with Crippen molar-refractivity contribution in [2.45, 2.75) is 13.0 Å². The topological polar surface area (TPSA) is 70.8 Å². The second-order valence-corrected chi connectivity index (χ2v) is 6.90. The normalized spacial score (nSPS) is 18.6. The molecule has 0 radical (unpaired) electrons. The number of hydrogen-bond acceptors (Lipinski definition) is 4. The highest BCUT2D eigenvalue weighted by Gasteiger charge is 2.48. The van der Waals surface area contributed by atoms with Crippen LogP contribution in [0.1, 0.15) is 23.1 Å². The molecule has 0 spiro atoms. The van der Waals surface area contributed by atoms with E-state index in [2.05, 4.69) is 0 Å². The van der Waals surface area contributed by atoms with Crippen LogP contribution in [-0.4, -0.2) is 16.8 Å². The van der Waals surface area contributed by atoms with Crippen LogP contribution in [0.2, 0.25) is 5.02 Å². The Labute approximate surface area is 166 Å². The largest absolute Gasteiger partial charge is 0.507 e. The maximum Gasteiger partial charge on any atom is 0.300 e. The van der Waals surface area contributed by atoms with Gasteiger partial charge in [0.2, 0.25) is 0 Å². The van der Waals surface area contributed by atoms with Gasteiger partial charge in [0.05, 0.1) is 5.57 Å². The summed E-state index contributed by atoms with van der Waals surface area (Å²) >= 11 is 5.96. The molecule has 1 unspecified atom stereocenters. The van der Waals surface area contributed by atoms with Gasteiger partial charge in [-0.15, -0.1) is 0 Å². The summed E-state index contributed by atoms with van der Waals surface area (Å²) in [7, 11) is 0. The Morgan fingerprint density at radius 3 is 2.29 bits per heavy atom. The lowest BCUT2D eigenvalue weighted by atomic mass is 9.99. The highest BCUT2D eigenvalue weighted by Crippen LogP contribution is 2.42. The van der Waals surface area contributed by atoms with Crippen LogP contribution in [0.15, 0.2) is 76.7 Å². The minimum atomic E-state index is -0.880. The average molecular weight is 394 g/mol. The SMILES string of the molecule is Cc1ccc(C2/C(=C(/O)c3ccccc3)C(=O)C(=O)N2c2ccc(Cl)cc2)o1. The van der Waals surface area contributed by atoms with Crippen LogP contribution < -0.4 is 4.90 Å². The zero-order valence-corrected chi connectivity index (χ0v) is 15.7. The molecule has 4 rings (SSSR count). The number of hydrogen-bond donors (Lipinski definition) is 1. The number of aliphatic hydroxyl groups excluding tert-OH is 1. The summed E-state index contributed by atoms with van der Waals surface area (Å²) in [5, 5.41) is 11.4. The highest BCUT2D eigenvalue weighted by atomic mass is 35.5. The summed E-state index contributed by atoms with van der Waals surface area (Å²) in [4.78, 5) is 27.1. The third kappa shape index (κ3) is 3.00. The molecule has 0 aliphatic carbocycles. The predicted octanol–water partition coefficient (Wildman–Crippen LogP) is 4.87. The van der Waals surface area contributed by atoms with Gasteiger partial charge in [0.1, 0.15) is 23.3 Å². The van der Waals surface area contributed by atoms with Crippen LogP contribution in [0.3, 0.4) is 0 Å². The van der Waals surface area contributed by atoms with Crippen molar-refractivity contribution in [2.75, 3.05) is 4.90 Å². The summed E-state index contributed by atoms with van der Waals surface area (Å²) in [6.07, 6.45) is 0. The van der Waals surface area contributed by atoms with Crippen molar-refractivity contribution >= 4 is 34.7 Å². The van der Waals surface area contributed by atoms with Gasteiger partial charge >= 0.3 is 0 Å². The molecule has 140 valence electrons. The molecule has 1 fully saturated rings. The highest BCUT2D eigenvalue weighted by molar-refractivity contribution is 6.51. The third-order valence-corrected chi connectivity index (χ3v) is 4.88. The van der Waals surface area contributed by atoms with Crippen molar-refractivity contribution in [1.29, 1.82) is 0 Å². The van der Waals surface area contributed by atoms with Crippen LogP contribution in [0.25, 0.3) is 5.76 Å². The molecule has 1 aromatic heterocycles. The number of carbonyl (C=O) groups excluding carboxylic acids is 2. The smallest absolute Gasteiger partial charge is 0.300 e. The van der Waals surface area contributed by atoms with Gasteiger partial charge in [-0.2, -0.15) is 0 Å². The second kappa shape index (κ2) is 7.02. The van der Waals surface area contributed by atoms with Crippen LogP contribution in [-0.2, 0) is 9.59 Å². The minimum absolute atomic E-state index is 0.0134. The van der Waals surface area contributed by atoms with Crippen LogP contribution in [0, 0.1) is 6.92 Å². The van der Waals surface area contributed by atoms with Gasteiger partial charge in [0, 0.05) is 16.3 Å². The molecule has 2 heterocycles. The number of halogens is 1. The molecule has 0 bridgehead atoms. The number of ketones is 1. The van der Waals surface area contributed by atoms with E-state index in [1.54, 1.807) is 73.7 Å². The average Bonchev–Trinajstić information content (AvgIpc) is 3.24. The lowest BCUT2D eigenvalue weighted by Crippen LogP contribution is -2.29. The van der Waals surface area contributed by atoms with Crippen LogP contribution in [0.4, 0.5) is 5.69 Å². The van der Waals surface area contributed by atoms with E-state index in [0.29, 0.717) is 27.8 Å². The number of aryl methyl sites for hydroxylation is 1. The molecule has 1 aliphatic heterocycles. The van der Waals surface area contributed by atoms with Crippen LogP contribution in [0.5, 0.6) is 0 Å². The Hall–Kier alpha value is -3.31. The fourth-order valence-electron chi connectivity index (χ4n) is 3.32. The molecule has 28 heavy (non-hydrogen) atoms. The second-order valence-electron chi connectivity index (χ2n) is 6.46. The Bertz CT molecular complexity index is 1080. The van der Waals surface area contributed by atoms with Gasteiger partial charge in [-0.1, -0.05) is 41.9 Å². The predicted molar refractivity (Wildman–Crippen MR) is 106 cm³/mol. The molecular weight excluding hydrogens is 378 g/mol. The lowest BCUT2D eigenvalue weighted by molar-refractivity contribution is -0.132. The van der Waals surface area contributed by atoms with E-state index in [0.717, 1.165) is 0 Å². The number of benzene rings is 2. The van der Waals surface area contributed by atoms with E-state index < -0.39 is 17.7 Å². The number of carbonyl (C=O) groups is 2. The van der Waals surface area contributed by atoms with Crippen molar-refractivity contribution in [3.05, 3.63) is 94.4 Å². The number of rotatable bonds is 3. The number of Topliss-reactive ketones (excluding diaryl/α,β-unsaturated/α-hetero) is 1. The Morgan fingerprint density at radius 2 is 1.68 bits per heavy atom. The summed E-state index contributed by atoms with van der Waals surface area (Å²) in [5.41, 5.74) is 0.919. The molecule has 1 atom stereocenters.